The fourth-order valence-corrected chi connectivity index (χ4v) is 3.56. The molecule has 0 saturated heterocycles. The van der Waals surface area contributed by atoms with Gasteiger partial charge in [0.1, 0.15) is 0 Å². The lowest BCUT2D eigenvalue weighted by atomic mass is 9.78. The van der Waals surface area contributed by atoms with E-state index in [1.54, 1.807) is 17.9 Å². The summed E-state index contributed by atoms with van der Waals surface area (Å²) in [7, 11) is 0. The van der Waals surface area contributed by atoms with E-state index in [2.05, 4.69) is 40.3 Å². The molecule has 1 fully saturated rings. The largest absolute Gasteiger partial charge is 0.491 e. The lowest BCUT2D eigenvalue weighted by Gasteiger charge is -2.27. The Morgan fingerprint density at radius 3 is 2.33 bits per heavy atom. The van der Waals surface area contributed by atoms with Crippen molar-refractivity contribution in [3.8, 4) is 17.1 Å². The molecule has 0 unspecified atom stereocenters. The minimum atomic E-state index is 0.625. The van der Waals surface area contributed by atoms with Gasteiger partial charge in [-0.3, -0.25) is 0 Å². The third-order valence-electron chi connectivity index (χ3n) is 4.70. The number of halogens is 1. The molecule has 0 radical (unpaired) electrons. The summed E-state index contributed by atoms with van der Waals surface area (Å²) >= 11 is 5.69. The molecule has 1 saturated carbocycles. The van der Waals surface area contributed by atoms with Gasteiger partial charge >= 0.3 is 0 Å². The molecule has 1 aliphatic carbocycles. The summed E-state index contributed by atoms with van der Waals surface area (Å²) in [5, 5.41) is 0. The highest BCUT2D eigenvalue weighted by molar-refractivity contribution is 6.25. The topological polar surface area (TPSA) is 35.0 Å². The number of ether oxygens (including phenoxy) is 1. The smallest absolute Gasteiger partial charge is 0.159 e. The van der Waals surface area contributed by atoms with Crippen LogP contribution < -0.4 is 4.74 Å². The van der Waals surface area contributed by atoms with Crippen molar-refractivity contribution in [2.75, 3.05) is 6.61 Å². The van der Waals surface area contributed by atoms with Crippen molar-refractivity contribution in [3.05, 3.63) is 53.8 Å². The Morgan fingerprint density at radius 2 is 1.75 bits per heavy atom. The second-order valence-electron chi connectivity index (χ2n) is 6.23. The Balaban J connectivity index is 1.65. The predicted octanol–water partition coefficient (Wildman–Crippen LogP) is 5.57. The van der Waals surface area contributed by atoms with Gasteiger partial charge in [-0.1, -0.05) is 41.9 Å². The summed E-state index contributed by atoms with van der Waals surface area (Å²) < 4.78 is 5.38. The first-order valence-electron chi connectivity index (χ1n) is 8.62. The molecule has 0 N–H and O–H groups in total. The van der Waals surface area contributed by atoms with Crippen LogP contribution in [-0.2, 0) is 0 Å². The molecule has 3 nitrogen and oxygen atoms in total. The highest BCUT2D eigenvalue weighted by Gasteiger charge is 2.20. The van der Waals surface area contributed by atoms with E-state index in [0.717, 1.165) is 11.4 Å². The first-order valence-corrected chi connectivity index (χ1v) is 9.06. The van der Waals surface area contributed by atoms with Gasteiger partial charge in [-0.15, -0.1) is 0 Å². The average molecular weight is 343 g/mol. The Morgan fingerprint density at radius 1 is 1.08 bits per heavy atom. The van der Waals surface area contributed by atoms with Gasteiger partial charge in [-0.05, 0) is 50.0 Å². The van der Waals surface area contributed by atoms with Crippen molar-refractivity contribution in [3.63, 3.8) is 0 Å². The molecule has 1 aromatic carbocycles. The first kappa shape index (κ1) is 17.0. The van der Waals surface area contributed by atoms with E-state index >= 15 is 0 Å². The zero-order valence-corrected chi connectivity index (χ0v) is 14.7. The van der Waals surface area contributed by atoms with Crippen molar-refractivity contribution in [2.24, 2.45) is 5.92 Å². The van der Waals surface area contributed by atoms with Gasteiger partial charge in [0.25, 0.3) is 0 Å². The van der Waals surface area contributed by atoms with Crippen molar-refractivity contribution in [2.45, 2.75) is 38.5 Å². The monoisotopic (exact) mass is 342 g/mol. The lowest BCUT2D eigenvalue weighted by Crippen LogP contribution is -2.11. The number of benzene rings is 1. The molecule has 0 spiro atoms. The van der Waals surface area contributed by atoms with Crippen LogP contribution in [-0.4, -0.2) is 16.6 Å². The summed E-state index contributed by atoms with van der Waals surface area (Å²) in [5.41, 5.74) is 4.12. The van der Waals surface area contributed by atoms with E-state index in [9.17, 15) is 0 Å². The second kappa shape index (κ2) is 8.29. The van der Waals surface area contributed by atoms with Crippen molar-refractivity contribution in [1.29, 1.82) is 0 Å². The summed E-state index contributed by atoms with van der Waals surface area (Å²) in [6.45, 7) is 2.58. The number of aromatic nitrogens is 2. The summed E-state index contributed by atoms with van der Waals surface area (Å²) in [5.74, 6) is 2.75. The van der Waals surface area contributed by atoms with Gasteiger partial charge in [0.15, 0.2) is 11.6 Å². The maximum atomic E-state index is 5.69. The van der Waals surface area contributed by atoms with E-state index in [4.69, 9.17) is 16.3 Å². The Bertz CT molecular complexity index is 659. The zero-order valence-electron chi connectivity index (χ0n) is 14.0. The molecule has 0 amide bonds. The quantitative estimate of drug-likeness (QED) is 0.712. The molecular weight excluding hydrogens is 320 g/mol. The number of allylic oxidation sites excluding steroid dienone is 1. The maximum Gasteiger partial charge on any atom is 0.159 e. The van der Waals surface area contributed by atoms with Crippen LogP contribution in [0.2, 0.25) is 0 Å². The Kier molecular flexibility index (Phi) is 5.86. The van der Waals surface area contributed by atoms with Gasteiger partial charge in [0.2, 0.25) is 0 Å². The SMILES string of the molecule is CCOc1cnc(-c2ccc(C3CCC(/C=C/Cl)CC3)cc2)nc1. The standard InChI is InChI=1S/C20H23ClN2O/c1-2-24-19-13-22-20(23-14-19)18-9-7-17(8-10-18)16-5-3-15(4-6-16)11-12-21/h7-16H,2-6H2,1H3/b12-11+. The van der Waals surface area contributed by atoms with Crippen LogP contribution in [0.15, 0.2) is 48.3 Å². The number of nitrogens with zero attached hydrogens (tertiary/aromatic N) is 2. The minimum Gasteiger partial charge on any atom is -0.491 e. The summed E-state index contributed by atoms with van der Waals surface area (Å²) in [4.78, 5) is 8.77. The van der Waals surface area contributed by atoms with E-state index in [1.807, 2.05) is 6.92 Å². The molecule has 126 valence electrons. The molecule has 0 bridgehead atoms. The minimum absolute atomic E-state index is 0.625. The Labute approximate surface area is 148 Å². The van der Waals surface area contributed by atoms with Crippen molar-refractivity contribution >= 4 is 11.6 Å². The van der Waals surface area contributed by atoms with Gasteiger partial charge in [-0.2, -0.15) is 0 Å². The number of rotatable bonds is 5. The first-order chi connectivity index (χ1) is 11.8. The van der Waals surface area contributed by atoms with Gasteiger partial charge < -0.3 is 4.74 Å². The van der Waals surface area contributed by atoms with Crippen LogP contribution in [0.5, 0.6) is 5.75 Å². The molecule has 0 aliphatic heterocycles. The molecular formula is C20H23ClN2O. The van der Waals surface area contributed by atoms with Gasteiger partial charge in [0, 0.05) is 11.1 Å². The number of hydrogen-bond donors (Lipinski definition) is 0. The van der Waals surface area contributed by atoms with Crippen LogP contribution in [0.4, 0.5) is 0 Å². The summed E-state index contributed by atoms with van der Waals surface area (Å²) in [6, 6.07) is 8.68. The molecule has 24 heavy (non-hydrogen) atoms. The summed E-state index contributed by atoms with van der Waals surface area (Å²) in [6.07, 6.45) is 10.5. The van der Waals surface area contributed by atoms with Crippen LogP contribution in [0.25, 0.3) is 11.4 Å². The molecule has 4 heteroatoms. The molecule has 0 atom stereocenters. The number of hydrogen-bond acceptors (Lipinski definition) is 3. The third-order valence-corrected chi connectivity index (χ3v) is 4.84. The molecule has 1 aliphatic rings. The van der Waals surface area contributed by atoms with E-state index in [-0.39, 0.29) is 0 Å². The average Bonchev–Trinajstić information content (AvgIpc) is 2.64. The van der Waals surface area contributed by atoms with Crippen molar-refractivity contribution in [1.82, 2.24) is 9.97 Å². The fraction of sp³-hybridized carbons (Fsp3) is 0.400. The van der Waals surface area contributed by atoms with Crippen LogP contribution >= 0.6 is 11.6 Å². The third kappa shape index (κ3) is 4.15. The van der Waals surface area contributed by atoms with Gasteiger partial charge in [-0.25, -0.2) is 9.97 Å². The fourth-order valence-electron chi connectivity index (χ4n) is 3.36. The van der Waals surface area contributed by atoms with Crippen LogP contribution in [0.1, 0.15) is 44.1 Å². The van der Waals surface area contributed by atoms with Crippen molar-refractivity contribution < 1.29 is 4.74 Å². The van der Waals surface area contributed by atoms with Gasteiger partial charge in [0.05, 0.1) is 19.0 Å². The van der Waals surface area contributed by atoms with E-state index < -0.39 is 0 Å². The second-order valence-corrected chi connectivity index (χ2v) is 6.48. The highest BCUT2D eigenvalue weighted by Crippen LogP contribution is 2.36. The highest BCUT2D eigenvalue weighted by atomic mass is 35.5. The maximum absolute atomic E-state index is 5.69. The molecule has 2 aromatic rings. The molecule has 1 heterocycles. The molecule has 1 aromatic heterocycles. The van der Waals surface area contributed by atoms with E-state index in [0.29, 0.717) is 24.2 Å². The predicted molar refractivity (Wildman–Crippen MR) is 98.3 cm³/mol. The zero-order chi connectivity index (χ0) is 16.8. The lowest BCUT2D eigenvalue weighted by molar-refractivity contribution is 0.337. The van der Waals surface area contributed by atoms with Crippen LogP contribution in [0, 0.1) is 5.92 Å². The normalized spacial score (nSPS) is 21.1. The van der Waals surface area contributed by atoms with E-state index in [1.165, 1.54) is 31.2 Å². The Hall–Kier alpha value is -1.87. The van der Waals surface area contributed by atoms with Crippen LogP contribution in [0.3, 0.4) is 0 Å². The molecule has 3 rings (SSSR count).